The number of nitrogens with one attached hydrogen (secondary N) is 1. The Balaban J connectivity index is 1.68. The van der Waals surface area contributed by atoms with Crippen molar-refractivity contribution in [1.82, 2.24) is 15.0 Å². The van der Waals surface area contributed by atoms with Crippen molar-refractivity contribution in [3.05, 3.63) is 29.0 Å². The minimum atomic E-state index is 0.388. The molecule has 1 aromatic carbocycles. The number of halogens is 1. The molecule has 3 heterocycles. The summed E-state index contributed by atoms with van der Waals surface area (Å²) in [5, 5.41) is 1.15. The molecular weight excluding hydrogens is 376 g/mol. The summed E-state index contributed by atoms with van der Waals surface area (Å²) in [6, 6.07) is 6.89. The highest BCUT2D eigenvalue weighted by Gasteiger charge is 2.50. The van der Waals surface area contributed by atoms with Gasteiger partial charge in [0.2, 0.25) is 0 Å². The van der Waals surface area contributed by atoms with Crippen LogP contribution in [0.15, 0.2) is 29.0 Å². The van der Waals surface area contributed by atoms with Gasteiger partial charge in [0.25, 0.3) is 0 Å². The summed E-state index contributed by atoms with van der Waals surface area (Å²) in [6.45, 7) is 8.36. The molecule has 5 heteroatoms. The topological polar surface area (TPSA) is 44.8 Å². The molecule has 0 amide bonds. The normalized spacial score (nSPS) is 28.2. The van der Waals surface area contributed by atoms with E-state index in [1.54, 1.807) is 6.33 Å². The van der Waals surface area contributed by atoms with Gasteiger partial charge in [0.05, 0.1) is 0 Å². The van der Waals surface area contributed by atoms with Crippen molar-refractivity contribution in [2.75, 3.05) is 11.4 Å². The van der Waals surface area contributed by atoms with Crippen LogP contribution in [0.25, 0.3) is 21.9 Å². The van der Waals surface area contributed by atoms with Crippen LogP contribution in [0.3, 0.4) is 0 Å². The van der Waals surface area contributed by atoms with E-state index in [1.165, 1.54) is 19.3 Å². The molecule has 1 aliphatic carbocycles. The van der Waals surface area contributed by atoms with Crippen LogP contribution in [0, 0.1) is 10.8 Å². The van der Waals surface area contributed by atoms with Crippen LogP contribution in [-0.4, -0.2) is 27.5 Å². The summed E-state index contributed by atoms with van der Waals surface area (Å²) in [5.74, 6) is 1.07. The van der Waals surface area contributed by atoms with Gasteiger partial charge in [-0.15, -0.1) is 0 Å². The summed E-state index contributed by atoms with van der Waals surface area (Å²) in [4.78, 5) is 15.4. The number of hydrogen-bond acceptors (Lipinski definition) is 3. The molecule has 1 saturated carbocycles. The quantitative estimate of drug-likeness (QED) is 0.606. The summed E-state index contributed by atoms with van der Waals surface area (Å²) in [5.41, 5.74) is 4.01. The van der Waals surface area contributed by atoms with E-state index in [1.807, 2.05) is 0 Å². The minimum absolute atomic E-state index is 0.388. The second-order valence-corrected chi connectivity index (χ2v) is 9.99. The van der Waals surface area contributed by atoms with Crippen LogP contribution in [0.5, 0.6) is 0 Å². The molecule has 4 nitrogen and oxygen atoms in total. The van der Waals surface area contributed by atoms with Crippen molar-refractivity contribution >= 4 is 43.7 Å². The van der Waals surface area contributed by atoms with Gasteiger partial charge in [-0.3, -0.25) is 0 Å². The van der Waals surface area contributed by atoms with Gasteiger partial charge in [-0.1, -0.05) is 36.7 Å². The molecule has 3 aromatic rings. The molecule has 2 atom stereocenters. The molecule has 130 valence electrons. The maximum atomic E-state index is 4.72. The Hall–Kier alpha value is -1.62. The number of aromatic nitrogens is 3. The third kappa shape index (κ3) is 2.39. The number of rotatable bonds is 1. The first kappa shape index (κ1) is 15.6. The molecule has 2 fully saturated rings. The van der Waals surface area contributed by atoms with Crippen LogP contribution in [0.2, 0.25) is 0 Å². The van der Waals surface area contributed by atoms with Gasteiger partial charge in [0.1, 0.15) is 17.4 Å². The van der Waals surface area contributed by atoms with E-state index in [0.717, 1.165) is 38.8 Å². The molecule has 0 radical (unpaired) electrons. The lowest BCUT2D eigenvalue weighted by atomic mass is 9.65. The Kier molecular flexibility index (Phi) is 3.10. The highest BCUT2D eigenvalue weighted by Crippen LogP contribution is 2.53. The minimum Gasteiger partial charge on any atom is -0.351 e. The second-order valence-electron chi connectivity index (χ2n) is 9.08. The zero-order valence-electron chi connectivity index (χ0n) is 14.9. The number of fused-ring (bicyclic) bond motifs is 5. The molecule has 0 spiro atoms. The van der Waals surface area contributed by atoms with Crippen molar-refractivity contribution in [1.29, 1.82) is 0 Å². The number of hydrogen-bond donors (Lipinski definition) is 1. The Bertz CT molecular complexity index is 992. The van der Waals surface area contributed by atoms with E-state index in [4.69, 9.17) is 4.98 Å². The third-order valence-corrected chi connectivity index (χ3v) is 6.50. The smallest absolute Gasteiger partial charge is 0.156 e. The summed E-state index contributed by atoms with van der Waals surface area (Å²) in [6.07, 6.45) is 5.52. The van der Waals surface area contributed by atoms with Crippen LogP contribution in [0.1, 0.15) is 40.0 Å². The second kappa shape index (κ2) is 4.97. The molecule has 1 N–H and O–H groups in total. The Morgan fingerprint density at radius 1 is 1.20 bits per heavy atom. The van der Waals surface area contributed by atoms with Gasteiger partial charge in [0.15, 0.2) is 5.82 Å². The van der Waals surface area contributed by atoms with Gasteiger partial charge >= 0.3 is 0 Å². The van der Waals surface area contributed by atoms with Crippen LogP contribution in [0.4, 0.5) is 5.82 Å². The number of anilines is 1. The first-order valence-electron chi connectivity index (χ1n) is 9.02. The number of H-pyrrole nitrogens is 1. The van der Waals surface area contributed by atoms with Crippen molar-refractivity contribution in [2.24, 2.45) is 10.8 Å². The molecule has 2 aromatic heterocycles. The van der Waals surface area contributed by atoms with Gasteiger partial charge < -0.3 is 9.88 Å². The van der Waals surface area contributed by atoms with Crippen molar-refractivity contribution in [3.8, 4) is 0 Å². The number of aromatic amines is 1. The Morgan fingerprint density at radius 2 is 2.04 bits per heavy atom. The largest absolute Gasteiger partial charge is 0.351 e. The maximum Gasteiger partial charge on any atom is 0.156 e. The van der Waals surface area contributed by atoms with E-state index in [9.17, 15) is 0 Å². The monoisotopic (exact) mass is 398 g/mol. The SMILES string of the molecule is CC1(C)C[C@@H]2C[C@@](C)(CN2c2ncnc3c2[nH]c2ccc(Br)cc23)C1. The zero-order valence-corrected chi connectivity index (χ0v) is 16.5. The molecule has 1 saturated heterocycles. The van der Waals surface area contributed by atoms with E-state index < -0.39 is 0 Å². The third-order valence-electron chi connectivity index (χ3n) is 6.01. The van der Waals surface area contributed by atoms with Crippen molar-refractivity contribution in [3.63, 3.8) is 0 Å². The molecule has 25 heavy (non-hydrogen) atoms. The van der Waals surface area contributed by atoms with Crippen LogP contribution in [-0.2, 0) is 0 Å². The van der Waals surface area contributed by atoms with Crippen LogP contribution < -0.4 is 4.90 Å². The average molecular weight is 399 g/mol. The van der Waals surface area contributed by atoms with E-state index >= 15 is 0 Å². The average Bonchev–Trinajstić information content (AvgIpc) is 3.00. The highest BCUT2D eigenvalue weighted by atomic mass is 79.9. The Morgan fingerprint density at radius 3 is 2.88 bits per heavy atom. The molecule has 0 unspecified atom stereocenters. The van der Waals surface area contributed by atoms with E-state index in [0.29, 0.717) is 16.9 Å². The summed E-state index contributed by atoms with van der Waals surface area (Å²) in [7, 11) is 0. The fourth-order valence-corrected chi connectivity index (χ4v) is 5.94. The fraction of sp³-hybridized carbons (Fsp3) is 0.500. The standard InChI is InChI=1S/C20H23BrN4/c1-19(2)7-13-8-20(3,9-19)10-25(13)18-17-16(22-11-23-18)14-6-12(21)4-5-15(14)24-17/h4-6,11,13,24H,7-10H2,1-3H3/t13-,20-/m1/s1. The van der Waals surface area contributed by atoms with Crippen LogP contribution >= 0.6 is 15.9 Å². The molecule has 5 rings (SSSR count). The lowest BCUT2D eigenvalue weighted by Crippen LogP contribution is -2.35. The van der Waals surface area contributed by atoms with Gasteiger partial charge in [0, 0.05) is 28.0 Å². The van der Waals surface area contributed by atoms with Crippen molar-refractivity contribution in [2.45, 2.75) is 46.1 Å². The number of nitrogens with zero attached hydrogens (tertiary/aromatic N) is 3. The summed E-state index contributed by atoms with van der Waals surface area (Å²) >= 11 is 3.58. The van der Waals surface area contributed by atoms with E-state index in [2.05, 4.69) is 69.8 Å². The van der Waals surface area contributed by atoms with Crippen molar-refractivity contribution < 1.29 is 0 Å². The molecular formula is C20H23BrN4. The predicted octanol–water partition coefficient (Wildman–Crippen LogP) is 5.28. The first-order valence-corrected chi connectivity index (χ1v) is 9.82. The first-order chi connectivity index (χ1) is 11.8. The maximum absolute atomic E-state index is 4.72. The predicted molar refractivity (Wildman–Crippen MR) is 106 cm³/mol. The zero-order chi connectivity index (χ0) is 17.4. The van der Waals surface area contributed by atoms with Gasteiger partial charge in [-0.05, 0) is 48.3 Å². The molecule has 2 bridgehead atoms. The molecule has 1 aliphatic heterocycles. The fourth-order valence-electron chi connectivity index (χ4n) is 5.58. The lowest BCUT2D eigenvalue weighted by molar-refractivity contribution is 0.136. The number of benzene rings is 1. The highest BCUT2D eigenvalue weighted by molar-refractivity contribution is 9.10. The van der Waals surface area contributed by atoms with E-state index in [-0.39, 0.29) is 0 Å². The summed E-state index contributed by atoms with van der Waals surface area (Å²) < 4.78 is 1.08. The van der Waals surface area contributed by atoms with Gasteiger partial charge in [-0.2, -0.15) is 0 Å². The van der Waals surface area contributed by atoms with Gasteiger partial charge in [-0.25, -0.2) is 9.97 Å². The molecule has 2 aliphatic rings. The lowest BCUT2D eigenvalue weighted by Gasteiger charge is -2.39. The Labute approximate surface area is 156 Å².